The average molecular weight is 353 g/mol. The van der Waals surface area contributed by atoms with Gasteiger partial charge in [-0.15, -0.1) is 6.58 Å². The van der Waals surface area contributed by atoms with Gasteiger partial charge in [0.05, 0.1) is 13.7 Å². The van der Waals surface area contributed by atoms with Gasteiger partial charge in [0.2, 0.25) is 0 Å². The van der Waals surface area contributed by atoms with Gasteiger partial charge in [-0.1, -0.05) is 35.3 Å². The van der Waals surface area contributed by atoms with E-state index in [1.165, 1.54) is 0 Å². The monoisotopic (exact) mass is 352 g/mol. The van der Waals surface area contributed by atoms with Crippen molar-refractivity contribution < 1.29 is 14.6 Å². The molecule has 0 radical (unpaired) electrons. The first-order valence-electron chi connectivity index (χ1n) is 7.07. The number of hydrogen-bond acceptors (Lipinski definition) is 3. The molecule has 122 valence electrons. The Morgan fingerprint density at radius 1 is 1.17 bits per heavy atom. The third-order valence-corrected chi connectivity index (χ3v) is 3.93. The van der Waals surface area contributed by atoms with Gasteiger partial charge in [-0.2, -0.15) is 0 Å². The molecule has 23 heavy (non-hydrogen) atoms. The number of aliphatic hydroxyl groups excluding tert-OH is 1. The number of benzene rings is 2. The topological polar surface area (TPSA) is 38.7 Å². The Morgan fingerprint density at radius 3 is 2.57 bits per heavy atom. The Morgan fingerprint density at radius 2 is 1.96 bits per heavy atom. The second kappa shape index (κ2) is 8.25. The summed E-state index contributed by atoms with van der Waals surface area (Å²) in [5.74, 6) is 1.19. The molecule has 0 aliphatic rings. The van der Waals surface area contributed by atoms with Crippen LogP contribution in [0.2, 0.25) is 10.0 Å². The first-order chi connectivity index (χ1) is 11.1. The average Bonchev–Trinajstić information content (AvgIpc) is 2.54. The Bertz CT molecular complexity index is 699. The summed E-state index contributed by atoms with van der Waals surface area (Å²) in [5, 5.41) is 10.5. The van der Waals surface area contributed by atoms with E-state index < -0.39 is 0 Å². The van der Waals surface area contributed by atoms with Crippen LogP contribution >= 0.6 is 23.2 Å². The molecule has 0 saturated heterocycles. The summed E-state index contributed by atoms with van der Waals surface area (Å²) in [6.07, 6.45) is 2.38. The summed E-state index contributed by atoms with van der Waals surface area (Å²) < 4.78 is 11.3. The van der Waals surface area contributed by atoms with Crippen molar-refractivity contribution in [3.63, 3.8) is 0 Å². The van der Waals surface area contributed by atoms with Crippen LogP contribution in [0, 0.1) is 0 Å². The molecule has 0 unspecified atom stereocenters. The summed E-state index contributed by atoms with van der Waals surface area (Å²) in [6, 6.07) is 8.90. The van der Waals surface area contributed by atoms with Crippen molar-refractivity contribution in [2.24, 2.45) is 0 Å². The predicted octanol–water partition coefficient (Wildman–Crippen LogP) is 4.80. The van der Waals surface area contributed by atoms with Crippen molar-refractivity contribution in [2.45, 2.75) is 19.6 Å². The van der Waals surface area contributed by atoms with Crippen LogP contribution in [0.15, 0.2) is 43.0 Å². The molecular formula is C18H18Cl2O3. The summed E-state index contributed by atoms with van der Waals surface area (Å²) in [4.78, 5) is 0. The quantitative estimate of drug-likeness (QED) is 0.727. The minimum atomic E-state index is -0.0657. The van der Waals surface area contributed by atoms with Crippen LogP contribution in [-0.2, 0) is 19.6 Å². The Labute approximate surface area is 146 Å². The zero-order chi connectivity index (χ0) is 16.8. The number of ether oxygens (including phenoxy) is 2. The molecule has 1 N–H and O–H groups in total. The third kappa shape index (κ3) is 4.41. The van der Waals surface area contributed by atoms with Gasteiger partial charge in [-0.3, -0.25) is 0 Å². The maximum absolute atomic E-state index is 9.36. The molecule has 0 aliphatic heterocycles. The second-order valence-corrected chi connectivity index (χ2v) is 5.81. The zero-order valence-electron chi connectivity index (χ0n) is 12.8. The molecule has 0 amide bonds. The van der Waals surface area contributed by atoms with Gasteiger partial charge >= 0.3 is 0 Å². The number of rotatable bonds is 7. The van der Waals surface area contributed by atoms with Crippen LogP contribution in [0.5, 0.6) is 11.5 Å². The molecule has 0 atom stereocenters. The van der Waals surface area contributed by atoms with E-state index in [9.17, 15) is 5.11 Å². The summed E-state index contributed by atoms with van der Waals surface area (Å²) in [7, 11) is 1.57. The Balaban J connectivity index is 2.31. The van der Waals surface area contributed by atoms with Gasteiger partial charge in [0.15, 0.2) is 11.5 Å². The van der Waals surface area contributed by atoms with E-state index >= 15 is 0 Å². The fourth-order valence-electron chi connectivity index (χ4n) is 2.23. The van der Waals surface area contributed by atoms with Crippen LogP contribution < -0.4 is 9.47 Å². The molecule has 3 nitrogen and oxygen atoms in total. The van der Waals surface area contributed by atoms with Crippen LogP contribution in [0.1, 0.15) is 16.7 Å². The molecule has 0 fully saturated rings. The molecule has 0 heterocycles. The third-order valence-electron chi connectivity index (χ3n) is 3.35. The smallest absolute Gasteiger partial charge is 0.165 e. The minimum Gasteiger partial charge on any atom is -0.493 e. The highest BCUT2D eigenvalue weighted by atomic mass is 35.5. The maximum Gasteiger partial charge on any atom is 0.165 e. The van der Waals surface area contributed by atoms with Crippen LogP contribution in [-0.4, -0.2) is 12.2 Å². The second-order valence-electron chi connectivity index (χ2n) is 4.96. The van der Waals surface area contributed by atoms with E-state index in [1.54, 1.807) is 31.4 Å². The summed E-state index contributed by atoms with van der Waals surface area (Å²) >= 11 is 12.1. The minimum absolute atomic E-state index is 0.0657. The van der Waals surface area contributed by atoms with E-state index in [-0.39, 0.29) is 13.2 Å². The van der Waals surface area contributed by atoms with Gasteiger partial charge in [0, 0.05) is 21.2 Å². The Kier molecular flexibility index (Phi) is 6.34. The number of aliphatic hydroxyl groups is 1. The fourth-order valence-corrected chi connectivity index (χ4v) is 2.69. The van der Waals surface area contributed by atoms with E-state index in [4.69, 9.17) is 32.7 Å². The standard InChI is InChI=1S/C18H18Cl2O3/c1-3-4-13-7-12(10-21)8-17(22-2)18(13)23-11-14-5-6-15(19)9-16(14)20/h3,5-9,21H,1,4,10-11H2,2H3. The molecule has 2 aromatic carbocycles. The van der Waals surface area contributed by atoms with Gasteiger partial charge in [-0.05, 0) is 36.2 Å². The number of methoxy groups -OCH3 is 1. The van der Waals surface area contributed by atoms with Gasteiger partial charge in [0.25, 0.3) is 0 Å². The largest absolute Gasteiger partial charge is 0.493 e. The van der Waals surface area contributed by atoms with Crippen molar-refractivity contribution in [1.29, 1.82) is 0 Å². The maximum atomic E-state index is 9.36. The zero-order valence-corrected chi connectivity index (χ0v) is 14.3. The number of allylic oxidation sites excluding steroid dienone is 1. The highest BCUT2D eigenvalue weighted by Crippen LogP contribution is 2.35. The van der Waals surface area contributed by atoms with Crippen molar-refractivity contribution in [3.8, 4) is 11.5 Å². The summed E-state index contributed by atoms with van der Waals surface area (Å²) in [6.45, 7) is 3.98. The SMILES string of the molecule is C=CCc1cc(CO)cc(OC)c1OCc1ccc(Cl)cc1Cl. The predicted molar refractivity (Wildman–Crippen MR) is 93.6 cm³/mol. The van der Waals surface area contributed by atoms with E-state index in [0.29, 0.717) is 28.0 Å². The fraction of sp³-hybridized carbons (Fsp3) is 0.222. The summed E-state index contributed by atoms with van der Waals surface area (Å²) in [5.41, 5.74) is 2.48. The molecule has 2 rings (SSSR count). The lowest BCUT2D eigenvalue weighted by Crippen LogP contribution is -2.03. The van der Waals surface area contributed by atoms with E-state index in [2.05, 4.69) is 6.58 Å². The first-order valence-corrected chi connectivity index (χ1v) is 7.83. The molecule has 5 heteroatoms. The molecule has 0 aromatic heterocycles. The number of halogens is 2. The van der Waals surface area contributed by atoms with Gasteiger partial charge in [0.1, 0.15) is 6.61 Å². The number of hydrogen-bond donors (Lipinski definition) is 1. The molecule has 0 saturated carbocycles. The van der Waals surface area contributed by atoms with Crippen molar-refractivity contribution in [3.05, 3.63) is 69.7 Å². The lowest BCUT2D eigenvalue weighted by Gasteiger charge is -2.16. The van der Waals surface area contributed by atoms with Crippen molar-refractivity contribution in [2.75, 3.05) is 7.11 Å². The molecule has 0 spiro atoms. The highest BCUT2D eigenvalue weighted by Gasteiger charge is 2.13. The molecule has 0 aliphatic carbocycles. The van der Waals surface area contributed by atoms with Crippen LogP contribution in [0.4, 0.5) is 0 Å². The van der Waals surface area contributed by atoms with Crippen molar-refractivity contribution >= 4 is 23.2 Å². The van der Waals surface area contributed by atoms with Crippen LogP contribution in [0.3, 0.4) is 0 Å². The van der Waals surface area contributed by atoms with Gasteiger partial charge in [-0.25, -0.2) is 0 Å². The van der Waals surface area contributed by atoms with Crippen LogP contribution in [0.25, 0.3) is 0 Å². The molecule has 0 bridgehead atoms. The first kappa shape index (κ1) is 17.7. The van der Waals surface area contributed by atoms with Crippen molar-refractivity contribution in [1.82, 2.24) is 0 Å². The lowest BCUT2D eigenvalue weighted by atomic mass is 10.1. The van der Waals surface area contributed by atoms with E-state index in [1.807, 2.05) is 12.1 Å². The lowest BCUT2D eigenvalue weighted by molar-refractivity contribution is 0.272. The van der Waals surface area contributed by atoms with Gasteiger partial charge < -0.3 is 14.6 Å². The highest BCUT2D eigenvalue weighted by molar-refractivity contribution is 6.35. The van der Waals surface area contributed by atoms with E-state index in [0.717, 1.165) is 16.7 Å². The molecular weight excluding hydrogens is 335 g/mol. The normalized spacial score (nSPS) is 10.4. The Hall–Kier alpha value is -1.68. The molecule has 2 aromatic rings.